The Morgan fingerprint density at radius 1 is 1.00 bits per heavy atom. The molecule has 0 aliphatic carbocycles. The molecule has 2 aromatic rings. The zero-order valence-corrected chi connectivity index (χ0v) is 18.3. The summed E-state index contributed by atoms with van der Waals surface area (Å²) in [5, 5.41) is 3.59. The number of carbonyl (C=O) groups is 2. The van der Waals surface area contributed by atoms with Crippen LogP contribution in [-0.2, 0) is 22.6 Å². The van der Waals surface area contributed by atoms with Gasteiger partial charge in [0, 0.05) is 24.5 Å². The predicted molar refractivity (Wildman–Crippen MR) is 119 cm³/mol. The average molecular weight is 415 g/mol. The molecule has 0 radical (unpaired) electrons. The Kier molecular flexibility index (Phi) is 9.20. The molecule has 0 saturated carbocycles. The SMILES string of the molecule is CCCNC(=O)[C@@H](CC)N(Cc1ccc(Cl)cc1)C(=O)CCc1ccc(C)cc1. The van der Waals surface area contributed by atoms with Gasteiger partial charge in [-0.1, -0.05) is 67.4 Å². The fourth-order valence-corrected chi connectivity index (χ4v) is 3.35. The van der Waals surface area contributed by atoms with Crippen LogP contribution < -0.4 is 5.32 Å². The monoisotopic (exact) mass is 414 g/mol. The van der Waals surface area contributed by atoms with Crippen LogP contribution in [0, 0.1) is 6.92 Å². The van der Waals surface area contributed by atoms with Crippen molar-refractivity contribution in [3.63, 3.8) is 0 Å². The topological polar surface area (TPSA) is 49.4 Å². The van der Waals surface area contributed by atoms with E-state index in [1.165, 1.54) is 5.56 Å². The van der Waals surface area contributed by atoms with Crippen LogP contribution in [0.4, 0.5) is 0 Å². The minimum Gasteiger partial charge on any atom is -0.354 e. The molecule has 0 fully saturated rings. The molecule has 29 heavy (non-hydrogen) atoms. The van der Waals surface area contributed by atoms with Crippen molar-refractivity contribution in [1.82, 2.24) is 10.2 Å². The minimum atomic E-state index is -0.484. The Balaban J connectivity index is 2.16. The van der Waals surface area contributed by atoms with E-state index in [4.69, 9.17) is 11.6 Å². The van der Waals surface area contributed by atoms with Gasteiger partial charge < -0.3 is 10.2 Å². The van der Waals surface area contributed by atoms with E-state index in [0.717, 1.165) is 17.5 Å². The second-order valence-electron chi connectivity index (χ2n) is 7.35. The number of benzene rings is 2. The molecule has 0 aliphatic heterocycles. The second kappa shape index (κ2) is 11.6. The van der Waals surface area contributed by atoms with Crippen molar-refractivity contribution in [3.8, 4) is 0 Å². The van der Waals surface area contributed by atoms with Gasteiger partial charge in [0.15, 0.2) is 0 Å². The lowest BCUT2D eigenvalue weighted by Crippen LogP contribution is -2.49. The van der Waals surface area contributed by atoms with Crippen molar-refractivity contribution in [2.24, 2.45) is 0 Å². The first kappa shape index (κ1) is 23.0. The molecular weight excluding hydrogens is 384 g/mol. The number of amides is 2. The normalized spacial score (nSPS) is 11.7. The van der Waals surface area contributed by atoms with Gasteiger partial charge in [0.05, 0.1) is 0 Å². The number of nitrogens with zero attached hydrogens (tertiary/aromatic N) is 1. The average Bonchev–Trinajstić information content (AvgIpc) is 2.72. The van der Waals surface area contributed by atoms with Crippen LogP contribution >= 0.6 is 11.6 Å². The summed E-state index contributed by atoms with van der Waals surface area (Å²) in [7, 11) is 0. The molecule has 0 unspecified atom stereocenters. The van der Waals surface area contributed by atoms with E-state index in [2.05, 4.69) is 29.6 Å². The van der Waals surface area contributed by atoms with Crippen molar-refractivity contribution < 1.29 is 9.59 Å². The van der Waals surface area contributed by atoms with Crippen molar-refractivity contribution in [3.05, 3.63) is 70.2 Å². The molecule has 0 saturated heterocycles. The Labute approximate surface area is 179 Å². The van der Waals surface area contributed by atoms with E-state index in [9.17, 15) is 9.59 Å². The highest BCUT2D eigenvalue weighted by atomic mass is 35.5. The lowest BCUT2D eigenvalue weighted by molar-refractivity contribution is -0.141. The van der Waals surface area contributed by atoms with Gasteiger partial charge in [-0.05, 0) is 49.4 Å². The molecule has 0 aromatic heterocycles. The van der Waals surface area contributed by atoms with Crippen molar-refractivity contribution in [1.29, 1.82) is 0 Å². The number of halogens is 1. The smallest absolute Gasteiger partial charge is 0.242 e. The molecule has 156 valence electrons. The molecule has 2 amide bonds. The van der Waals surface area contributed by atoms with Crippen LogP contribution in [0.1, 0.15) is 49.8 Å². The quantitative estimate of drug-likeness (QED) is 0.600. The summed E-state index contributed by atoms with van der Waals surface area (Å²) in [5.41, 5.74) is 3.28. The Morgan fingerprint density at radius 2 is 1.62 bits per heavy atom. The first-order chi connectivity index (χ1) is 13.9. The minimum absolute atomic E-state index is 0.0148. The van der Waals surface area contributed by atoms with E-state index in [-0.39, 0.29) is 11.8 Å². The summed E-state index contributed by atoms with van der Waals surface area (Å²) >= 11 is 5.99. The Morgan fingerprint density at radius 3 is 2.21 bits per heavy atom. The summed E-state index contributed by atoms with van der Waals surface area (Å²) in [5.74, 6) is -0.106. The van der Waals surface area contributed by atoms with E-state index < -0.39 is 6.04 Å². The largest absolute Gasteiger partial charge is 0.354 e. The molecule has 1 atom stereocenters. The fourth-order valence-electron chi connectivity index (χ4n) is 3.22. The summed E-state index contributed by atoms with van der Waals surface area (Å²) < 4.78 is 0. The Bertz CT molecular complexity index is 788. The number of aryl methyl sites for hydroxylation is 2. The van der Waals surface area contributed by atoms with E-state index in [1.54, 1.807) is 4.90 Å². The summed E-state index contributed by atoms with van der Waals surface area (Å²) in [6.07, 6.45) is 2.46. The van der Waals surface area contributed by atoms with Gasteiger partial charge in [-0.25, -0.2) is 0 Å². The maximum Gasteiger partial charge on any atom is 0.242 e. The number of hydrogen-bond donors (Lipinski definition) is 1. The molecule has 2 aromatic carbocycles. The predicted octanol–water partition coefficient (Wildman–Crippen LogP) is 4.91. The van der Waals surface area contributed by atoms with Gasteiger partial charge in [0.1, 0.15) is 6.04 Å². The number of hydrogen-bond acceptors (Lipinski definition) is 2. The molecule has 1 N–H and O–H groups in total. The van der Waals surface area contributed by atoms with Crippen molar-refractivity contribution in [2.75, 3.05) is 6.54 Å². The zero-order chi connectivity index (χ0) is 21.2. The molecule has 0 heterocycles. The molecule has 4 nitrogen and oxygen atoms in total. The standard InChI is InChI=1S/C24H31ClN2O2/c1-4-16-26-24(29)22(5-2)27(17-20-10-13-21(25)14-11-20)23(28)15-12-19-8-6-18(3)7-9-19/h6-11,13-14,22H,4-5,12,15-17H2,1-3H3,(H,26,29)/t22-/m1/s1. The third kappa shape index (κ3) is 7.21. The molecule has 2 rings (SSSR count). The maximum atomic E-state index is 13.2. The first-order valence-electron chi connectivity index (χ1n) is 10.3. The fraction of sp³-hybridized carbons (Fsp3) is 0.417. The summed E-state index contributed by atoms with van der Waals surface area (Å²) in [4.78, 5) is 27.6. The van der Waals surface area contributed by atoms with Crippen LogP contribution in [0.3, 0.4) is 0 Å². The first-order valence-corrected chi connectivity index (χ1v) is 10.7. The zero-order valence-electron chi connectivity index (χ0n) is 17.6. The molecular formula is C24H31ClN2O2. The van der Waals surface area contributed by atoms with Gasteiger partial charge in [-0.3, -0.25) is 9.59 Å². The summed E-state index contributed by atoms with van der Waals surface area (Å²) in [6, 6.07) is 15.2. The van der Waals surface area contributed by atoms with Crippen molar-refractivity contribution in [2.45, 2.75) is 59.0 Å². The third-order valence-corrected chi connectivity index (χ3v) is 5.20. The maximum absolute atomic E-state index is 13.2. The van der Waals surface area contributed by atoms with Crippen molar-refractivity contribution >= 4 is 23.4 Å². The van der Waals surface area contributed by atoms with Crippen LogP contribution in [0.15, 0.2) is 48.5 Å². The third-order valence-electron chi connectivity index (χ3n) is 4.95. The van der Waals surface area contributed by atoms with Gasteiger partial charge in [-0.15, -0.1) is 0 Å². The van der Waals surface area contributed by atoms with E-state index >= 15 is 0 Å². The van der Waals surface area contributed by atoms with E-state index in [0.29, 0.717) is 37.4 Å². The highest BCUT2D eigenvalue weighted by molar-refractivity contribution is 6.30. The second-order valence-corrected chi connectivity index (χ2v) is 7.79. The van der Waals surface area contributed by atoms with Gasteiger partial charge in [0.25, 0.3) is 0 Å². The molecule has 0 bridgehead atoms. The van der Waals surface area contributed by atoms with E-state index in [1.807, 2.05) is 45.0 Å². The number of carbonyl (C=O) groups excluding carboxylic acids is 2. The molecule has 0 aliphatic rings. The Hall–Kier alpha value is -2.33. The number of nitrogens with one attached hydrogen (secondary N) is 1. The molecule has 0 spiro atoms. The highest BCUT2D eigenvalue weighted by Crippen LogP contribution is 2.17. The van der Waals surface area contributed by atoms with Crippen LogP contribution in [-0.4, -0.2) is 29.3 Å². The molecule has 5 heteroatoms. The lowest BCUT2D eigenvalue weighted by atomic mass is 10.1. The van der Waals surface area contributed by atoms with Crippen LogP contribution in [0.5, 0.6) is 0 Å². The highest BCUT2D eigenvalue weighted by Gasteiger charge is 2.28. The summed E-state index contributed by atoms with van der Waals surface area (Å²) in [6.45, 7) is 7.00. The van der Waals surface area contributed by atoms with Crippen LogP contribution in [0.25, 0.3) is 0 Å². The van der Waals surface area contributed by atoms with Gasteiger partial charge in [-0.2, -0.15) is 0 Å². The van der Waals surface area contributed by atoms with Crippen LogP contribution in [0.2, 0.25) is 5.02 Å². The lowest BCUT2D eigenvalue weighted by Gasteiger charge is -2.30. The van der Waals surface area contributed by atoms with Gasteiger partial charge >= 0.3 is 0 Å². The number of rotatable bonds is 10. The van der Waals surface area contributed by atoms with Gasteiger partial charge in [0.2, 0.25) is 11.8 Å².